The minimum atomic E-state index is -0.390. The molecule has 2 amide bonds. The number of methoxy groups -OCH3 is 1. The van der Waals surface area contributed by atoms with Crippen molar-refractivity contribution >= 4 is 29.5 Å². The molecule has 1 heterocycles. The van der Waals surface area contributed by atoms with Crippen LogP contribution >= 0.6 is 11.8 Å². The fourth-order valence-corrected chi connectivity index (χ4v) is 5.08. The maximum absolute atomic E-state index is 13.1. The van der Waals surface area contributed by atoms with E-state index in [1.165, 1.54) is 44.6 Å². The molecule has 1 saturated carbocycles. The summed E-state index contributed by atoms with van der Waals surface area (Å²) in [5.41, 5.74) is 0.596. The molecule has 6 nitrogen and oxygen atoms in total. The molecule has 1 aromatic carbocycles. The van der Waals surface area contributed by atoms with Crippen LogP contribution < -0.4 is 0 Å². The van der Waals surface area contributed by atoms with Crippen molar-refractivity contribution < 1.29 is 19.1 Å². The Morgan fingerprint density at radius 2 is 1.69 bits per heavy atom. The van der Waals surface area contributed by atoms with Crippen LogP contribution in [0.15, 0.2) is 29.2 Å². The zero-order valence-electron chi connectivity index (χ0n) is 17.3. The molecule has 2 aliphatic rings. The van der Waals surface area contributed by atoms with Crippen LogP contribution in [0.3, 0.4) is 0 Å². The highest BCUT2D eigenvalue weighted by molar-refractivity contribution is 8.00. The third-order valence-electron chi connectivity index (χ3n) is 5.81. The average molecular weight is 419 g/mol. The average Bonchev–Trinajstić information content (AvgIpc) is 3.26. The Morgan fingerprint density at radius 3 is 2.34 bits per heavy atom. The van der Waals surface area contributed by atoms with Crippen LogP contribution in [0, 0.1) is 5.92 Å². The van der Waals surface area contributed by atoms with Gasteiger partial charge in [-0.3, -0.25) is 14.4 Å². The molecule has 0 N–H and O–H groups in total. The number of rotatable bonds is 6. The number of nitrogens with zero attached hydrogens (tertiary/aromatic N) is 2. The highest BCUT2D eigenvalue weighted by atomic mass is 32.2. The van der Waals surface area contributed by atoms with Crippen LogP contribution in [-0.4, -0.2) is 66.1 Å². The second-order valence-electron chi connectivity index (χ2n) is 7.81. The summed E-state index contributed by atoms with van der Waals surface area (Å²) in [5, 5.41) is -0.390. The summed E-state index contributed by atoms with van der Waals surface area (Å²) in [6, 6.07) is 7.36. The normalized spacial score (nSPS) is 18.6. The van der Waals surface area contributed by atoms with E-state index in [4.69, 9.17) is 4.74 Å². The molecule has 2 fully saturated rings. The molecule has 0 aromatic heterocycles. The Labute approximate surface area is 176 Å². The molecule has 1 aliphatic heterocycles. The summed E-state index contributed by atoms with van der Waals surface area (Å²) in [7, 11) is 1.37. The van der Waals surface area contributed by atoms with Crippen molar-refractivity contribution in [2.24, 2.45) is 5.92 Å². The van der Waals surface area contributed by atoms with Crippen molar-refractivity contribution in [3.63, 3.8) is 0 Å². The third-order valence-corrected chi connectivity index (χ3v) is 6.97. The molecule has 1 aliphatic carbocycles. The standard InChI is InChI=1S/C22H30N2O4S/c1-16(22(27)28-2)29-19-10-6-5-9-18(19)21(26)24-13-11-23(12-14-24)20(25)15-17-7-3-4-8-17/h5-6,9-10,16-17H,3-4,7-8,11-15H2,1-2H3. The monoisotopic (exact) mass is 418 g/mol. The maximum Gasteiger partial charge on any atom is 0.318 e. The number of amides is 2. The van der Waals surface area contributed by atoms with Gasteiger partial charge in [0.1, 0.15) is 5.25 Å². The van der Waals surface area contributed by atoms with E-state index >= 15 is 0 Å². The lowest BCUT2D eigenvalue weighted by atomic mass is 10.0. The summed E-state index contributed by atoms with van der Waals surface area (Å²) in [6.45, 7) is 4.03. The molecule has 1 saturated heterocycles. The minimum absolute atomic E-state index is 0.0481. The van der Waals surface area contributed by atoms with Crippen molar-refractivity contribution in [1.82, 2.24) is 9.80 Å². The molecule has 7 heteroatoms. The topological polar surface area (TPSA) is 66.9 Å². The van der Waals surface area contributed by atoms with Crippen LogP contribution in [0.5, 0.6) is 0 Å². The third kappa shape index (κ3) is 5.53. The lowest BCUT2D eigenvalue weighted by molar-refractivity contribution is -0.139. The lowest BCUT2D eigenvalue weighted by Gasteiger charge is -2.35. The number of ether oxygens (including phenoxy) is 1. The number of hydrogen-bond acceptors (Lipinski definition) is 5. The second kappa shape index (κ2) is 10.1. The second-order valence-corrected chi connectivity index (χ2v) is 9.19. The van der Waals surface area contributed by atoms with E-state index < -0.39 is 0 Å². The summed E-state index contributed by atoms with van der Waals surface area (Å²) >= 11 is 1.33. The predicted molar refractivity (Wildman–Crippen MR) is 113 cm³/mol. The predicted octanol–water partition coefficient (Wildman–Crippen LogP) is 3.20. The number of thioether (sulfide) groups is 1. The quantitative estimate of drug-likeness (QED) is 0.524. The Balaban J connectivity index is 1.58. The number of carbonyl (C=O) groups is 3. The van der Waals surface area contributed by atoms with Gasteiger partial charge in [0.25, 0.3) is 5.91 Å². The van der Waals surface area contributed by atoms with Gasteiger partial charge in [0.2, 0.25) is 5.91 Å². The molecule has 29 heavy (non-hydrogen) atoms. The fourth-order valence-electron chi connectivity index (χ4n) is 4.07. The Kier molecular flexibility index (Phi) is 7.58. The number of esters is 1. The molecule has 1 unspecified atom stereocenters. The van der Waals surface area contributed by atoms with Crippen molar-refractivity contribution in [1.29, 1.82) is 0 Å². The van der Waals surface area contributed by atoms with Gasteiger partial charge in [-0.25, -0.2) is 0 Å². The van der Waals surface area contributed by atoms with E-state index in [0.717, 1.165) is 4.90 Å². The molecule has 0 radical (unpaired) electrons. The van der Waals surface area contributed by atoms with Gasteiger partial charge < -0.3 is 14.5 Å². The fraction of sp³-hybridized carbons (Fsp3) is 0.591. The maximum atomic E-state index is 13.1. The first-order chi connectivity index (χ1) is 14.0. The largest absolute Gasteiger partial charge is 0.468 e. The zero-order chi connectivity index (χ0) is 20.8. The molecule has 1 atom stereocenters. The van der Waals surface area contributed by atoms with Crippen molar-refractivity contribution in [3.05, 3.63) is 29.8 Å². The number of benzene rings is 1. The zero-order valence-corrected chi connectivity index (χ0v) is 18.1. The van der Waals surface area contributed by atoms with Gasteiger partial charge in [0.05, 0.1) is 12.7 Å². The summed E-state index contributed by atoms with van der Waals surface area (Å²) in [5.74, 6) is 0.412. The highest BCUT2D eigenvalue weighted by Gasteiger charge is 2.28. The van der Waals surface area contributed by atoms with Gasteiger partial charge in [-0.15, -0.1) is 11.8 Å². The van der Waals surface area contributed by atoms with Crippen LogP contribution in [0.4, 0.5) is 0 Å². The van der Waals surface area contributed by atoms with E-state index in [0.29, 0.717) is 44.1 Å². The van der Waals surface area contributed by atoms with Gasteiger partial charge >= 0.3 is 5.97 Å². The van der Waals surface area contributed by atoms with E-state index in [-0.39, 0.29) is 23.0 Å². The lowest BCUT2D eigenvalue weighted by Crippen LogP contribution is -2.50. The number of piperazine rings is 1. The molecule has 158 valence electrons. The van der Waals surface area contributed by atoms with E-state index in [9.17, 15) is 14.4 Å². The van der Waals surface area contributed by atoms with Crippen LogP contribution in [0.2, 0.25) is 0 Å². The molecular formula is C22H30N2O4S. The Bertz CT molecular complexity index is 740. The van der Waals surface area contributed by atoms with Gasteiger partial charge in [0, 0.05) is 37.5 Å². The molecule has 0 bridgehead atoms. The first kappa shape index (κ1) is 21.7. The minimum Gasteiger partial charge on any atom is -0.468 e. The number of hydrogen-bond donors (Lipinski definition) is 0. The van der Waals surface area contributed by atoms with Crippen molar-refractivity contribution in [3.8, 4) is 0 Å². The van der Waals surface area contributed by atoms with Crippen LogP contribution in [0.25, 0.3) is 0 Å². The first-order valence-electron chi connectivity index (χ1n) is 10.4. The van der Waals surface area contributed by atoms with Gasteiger partial charge in [0.15, 0.2) is 0 Å². The van der Waals surface area contributed by atoms with Crippen LogP contribution in [0.1, 0.15) is 49.4 Å². The molecular weight excluding hydrogens is 388 g/mol. The van der Waals surface area contributed by atoms with Crippen molar-refractivity contribution in [2.45, 2.75) is 49.2 Å². The molecule has 1 aromatic rings. The Morgan fingerprint density at radius 1 is 1.07 bits per heavy atom. The van der Waals surface area contributed by atoms with Gasteiger partial charge in [-0.2, -0.15) is 0 Å². The van der Waals surface area contributed by atoms with Gasteiger partial charge in [-0.05, 0) is 37.8 Å². The van der Waals surface area contributed by atoms with Crippen LogP contribution in [-0.2, 0) is 14.3 Å². The van der Waals surface area contributed by atoms with Gasteiger partial charge in [-0.1, -0.05) is 25.0 Å². The van der Waals surface area contributed by atoms with Crippen molar-refractivity contribution in [2.75, 3.05) is 33.3 Å². The summed E-state index contributed by atoms with van der Waals surface area (Å²) in [6.07, 6.45) is 5.47. The SMILES string of the molecule is COC(=O)C(C)Sc1ccccc1C(=O)N1CCN(C(=O)CC2CCCC2)CC1. The van der Waals surface area contributed by atoms with E-state index in [1.54, 1.807) is 13.0 Å². The molecule has 3 rings (SSSR count). The van der Waals surface area contributed by atoms with E-state index in [2.05, 4.69) is 0 Å². The number of carbonyl (C=O) groups excluding carboxylic acids is 3. The highest BCUT2D eigenvalue weighted by Crippen LogP contribution is 2.30. The molecule has 0 spiro atoms. The Hall–Kier alpha value is -2.02. The summed E-state index contributed by atoms with van der Waals surface area (Å²) < 4.78 is 4.79. The first-order valence-corrected chi connectivity index (χ1v) is 11.3. The summed E-state index contributed by atoms with van der Waals surface area (Å²) in [4.78, 5) is 41.9. The smallest absolute Gasteiger partial charge is 0.318 e. The van der Waals surface area contributed by atoms with E-state index in [1.807, 2.05) is 28.0 Å².